The summed E-state index contributed by atoms with van der Waals surface area (Å²) in [5.41, 5.74) is 0.156. The normalized spacial score (nSPS) is 9.82. The third-order valence-corrected chi connectivity index (χ3v) is 3.10. The second-order valence-corrected chi connectivity index (χ2v) is 4.81. The van der Waals surface area contributed by atoms with Crippen LogP contribution in [0.25, 0.3) is 0 Å². The highest BCUT2D eigenvalue weighted by atomic mass is 32.2. The zero-order valence-electron chi connectivity index (χ0n) is 11.4. The molecule has 0 heterocycles. The Morgan fingerprint density at radius 3 is 2.45 bits per heavy atom. The lowest BCUT2D eigenvalue weighted by molar-refractivity contribution is -0.757. The lowest BCUT2D eigenvalue weighted by atomic mass is 10.2. The molecule has 0 atom stereocenters. The summed E-state index contributed by atoms with van der Waals surface area (Å²) in [5, 5.41) is 17.7. The maximum absolute atomic E-state index is 11.3. The molecule has 2 N–H and O–H groups in total. The molecule has 0 fully saturated rings. The van der Waals surface area contributed by atoms with E-state index in [0.717, 1.165) is 11.9 Å². The molecule has 0 saturated heterocycles. The first-order chi connectivity index (χ1) is 10.5. The van der Waals surface area contributed by atoms with E-state index in [2.05, 4.69) is 9.56 Å². The van der Waals surface area contributed by atoms with Gasteiger partial charge in [-0.1, -0.05) is 0 Å². The highest BCUT2D eigenvalue weighted by Crippen LogP contribution is 2.15. The summed E-state index contributed by atoms with van der Waals surface area (Å²) in [5.74, 6) is -1.02. The van der Waals surface area contributed by atoms with Crippen LogP contribution in [0.4, 0.5) is 4.79 Å². The van der Waals surface area contributed by atoms with Crippen molar-refractivity contribution in [3.63, 3.8) is 0 Å². The van der Waals surface area contributed by atoms with E-state index in [4.69, 9.17) is 9.84 Å². The number of carbonyl (C=O) groups excluding carboxylic acids is 1. The van der Waals surface area contributed by atoms with Crippen molar-refractivity contribution in [3.8, 4) is 0 Å². The van der Waals surface area contributed by atoms with Gasteiger partial charge in [0.15, 0.2) is 0 Å². The zero-order valence-corrected chi connectivity index (χ0v) is 12.2. The lowest BCUT2D eigenvalue weighted by Crippen LogP contribution is -2.18. The fraction of sp³-hybridized carbons (Fsp3) is 0.333. The largest absolute Gasteiger partial charge is 0.478 e. The van der Waals surface area contributed by atoms with Crippen molar-refractivity contribution in [1.82, 2.24) is 4.72 Å². The summed E-state index contributed by atoms with van der Waals surface area (Å²) in [6.07, 6.45) is 0.194. The number of nitrogens with one attached hydrogen (secondary N) is 1. The molecule has 0 saturated carbocycles. The van der Waals surface area contributed by atoms with Gasteiger partial charge in [-0.2, -0.15) is 0 Å². The predicted octanol–water partition coefficient (Wildman–Crippen LogP) is 2.11. The summed E-state index contributed by atoms with van der Waals surface area (Å²) in [6, 6.07) is 5.96. The first kappa shape index (κ1) is 17.6. The number of unbranched alkanes of at least 4 members (excludes halogenated alkanes) is 1. The standard InChI is InChI=1S/C12H14N2O7S/c15-11(16)9-3-5-10(6-4-9)22-13-12(17)20-7-1-2-8-21-14(18)19/h3-6H,1-2,7-8H2,(H,13,17)(H,15,16). The van der Waals surface area contributed by atoms with Gasteiger partial charge in [0.2, 0.25) is 0 Å². The van der Waals surface area contributed by atoms with Crippen molar-refractivity contribution < 1.29 is 29.4 Å². The van der Waals surface area contributed by atoms with E-state index in [1.807, 2.05) is 0 Å². The van der Waals surface area contributed by atoms with Gasteiger partial charge >= 0.3 is 12.1 Å². The van der Waals surface area contributed by atoms with E-state index in [9.17, 15) is 19.7 Å². The van der Waals surface area contributed by atoms with Crippen LogP contribution in [0.2, 0.25) is 0 Å². The number of rotatable bonds is 9. The average Bonchev–Trinajstić information content (AvgIpc) is 2.48. The van der Waals surface area contributed by atoms with E-state index >= 15 is 0 Å². The first-order valence-electron chi connectivity index (χ1n) is 6.19. The average molecular weight is 330 g/mol. The van der Waals surface area contributed by atoms with Crippen LogP contribution in [0.1, 0.15) is 23.2 Å². The second-order valence-electron chi connectivity index (χ2n) is 3.93. The molecule has 0 unspecified atom stereocenters. The smallest absolute Gasteiger partial charge is 0.417 e. The van der Waals surface area contributed by atoms with E-state index in [0.29, 0.717) is 17.7 Å². The van der Waals surface area contributed by atoms with Gasteiger partial charge in [-0.05, 0) is 49.1 Å². The molecule has 9 nitrogen and oxygen atoms in total. The molecule has 0 aliphatic rings. The van der Waals surface area contributed by atoms with Crippen molar-refractivity contribution in [2.24, 2.45) is 0 Å². The molecule has 0 spiro atoms. The zero-order chi connectivity index (χ0) is 16.4. The molecule has 120 valence electrons. The molecule has 10 heteroatoms. The minimum atomic E-state index is -1.02. The SMILES string of the molecule is O=C(NSc1ccc(C(=O)O)cc1)OCCCCO[N+](=O)[O-]. The third-order valence-electron chi connectivity index (χ3n) is 2.32. The van der Waals surface area contributed by atoms with E-state index in [1.165, 1.54) is 12.1 Å². The monoisotopic (exact) mass is 330 g/mol. The van der Waals surface area contributed by atoms with Crippen molar-refractivity contribution in [2.45, 2.75) is 17.7 Å². The van der Waals surface area contributed by atoms with Gasteiger partial charge in [0.05, 0.1) is 18.8 Å². The molecule has 1 rings (SSSR count). The Labute approximate surface area is 129 Å². The molecule has 0 aromatic heterocycles. The number of nitrogens with zero attached hydrogens (tertiary/aromatic N) is 1. The number of benzene rings is 1. The quantitative estimate of drug-likeness (QED) is 0.305. The van der Waals surface area contributed by atoms with Crippen LogP contribution in [0.3, 0.4) is 0 Å². The lowest BCUT2D eigenvalue weighted by Gasteiger charge is -2.06. The Hall–Kier alpha value is -2.49. The number of carboxylic acid groups (broad SMARTS) is 1. The number of hydrogen-bond acceptors (Lipinski definition) is 7. The number of hydrogen-bond donors (Lipinski definition) is 2. The Morgan fingerprint density at radius 2 is 1.86 bits per heavy atom. The minimum absolute atomic E-state index is 0.0390. The fourth-order valence-electron chi connectivity index (χ4n) is 1.30. The van der Waals surface area contributed by atoms with Gasteiger partial charge in [0.25, 0.3) is 5.09 Å². The maximum Gasteiger partial charge on any atom is 0.417 e. The molecule has 0 bridgehead atoms. The topological polar surface area (TPSA) is 128 Å². The number of carbonyl (C=O) groups is 2. The van der Waals surface area contributed by atoms with Gasteiger partial charge in [0.1, 0.15) is 0 Å². The summed E-state index contributed by atoms with van der Waals surface area (Å²) in [7, 11) is 0. The van der Waals surface area contributed by atoms with E-state index in [1.54, 1.807) is 12.1 Å². The van der Waals surface area contributed by atoms with E-state index in [-0.39, 0.29) is 18.8 Å². The summed E-state index contributed by atoms with van der Waals surface area (Å²) >= 11 is 0.990. The third kappa shape index (κ3) is 7.33. The van der Waals surface area contributed by atoms with Crippen LogP contribution in [0.15, 0.2) is 29.2 Å². The molecule has 0 aliphatic heterocycles. The molecule has 0 aliphatic carbocycles. The van der Waals surface area contributed by atoms with Gasteiger partial charge in [-0.25, -0.2) is 9.59 Å². The van der Waals surface area contributed by atoms with E-state index < -0.39 is 17.1 Å². The number of aromatic carboxylic acids is 1. The van der Waals surface area contributed by atoms with Crippen molar-refractivity contribution in [3.05, 3.63) is 39.9 Å². The van der Waals surface area contributed by atoms with Crippen LogP contribution in [-0.4, -0.2) is 35.5 Å². The van der Waals surface area contributed by atoms with Gasteiger partial charge in [-0.3, -0.25) is 4.72 Å². The van der Waals surface area contributed by atoms with Gasteiger partial charge in [-0.15, -0.1) is 10.1 Å². The highest BCUT2D eigenvalue weighted by molar-refractivity contribution is 7.98. The maximum atomic E-state index is 11.3. The fourth-order valence-corrected chi connectivity index (χ4v) is 1.84. The first-order valence-corrected chi connectivity index (χ1v) is 7.01. The number of amides is 1. The second kappa shape index (κ2) is 9.45. The molecular formula is C12H14N2O7S. The predicted molar refractivity (Wildman–Crippen MR) is 75.9 cm³/mol. The van der Waals surface area contributed by atoms with Gasteiger partial charge in [0, 0.05) is 4.90 Å². The Kier molecular flexibility index (Phi) is 7.54. The summed E-state index contributed by atoms with van der Waals surface area (Å²) in [6.45, 7) is 0.0775. The number of ether oxygens (including phenoxy) is 1. The van der Waals surface area contributed by atoms with Crippen molar-refractivity contribution in [1.29, 1.82) is 0 Å². The van der Waals surface area contributed by atoms with Crippen LogP contribution in [-0.2, 0) is 9.57 Å². The highest BCUT2D eigenvalue weighted by Gasteiger charge is 2.05. The molecule has 0 radical (unpaired) electrons. The molecular weight excluding hydrogens is 316 g/mol. The van der Waals surface area contributed by atoms with Crippen LogP contribution in [0.5, 0.6) is 0 Å². The Balaban J connectivity index is 2.15. The Bertz CT molecular complexity index is 521. The van der Waals surface area contributed by atoms with Gasteiger partial charge < -0.3 is 14.7 Å². The van der Waals surface area contributed by atoms with Crippen LogP contribution >= 0.6 is 11.9 Å². The molecule has 1 amide bonds. The number of carboxylic acids is 1. The molecule has 22 heavy (non-hydrogen) atoms. The minimum Gasteiger partial charge on any atom is -0.478 e. The summed E-state index contributed by atoms with van der Waals surface area (Å²) in [4.78, 5) is 36.6. The summed E-state index contributed by atoms with van der Waals surface area (Å²) < 4.78 is 7.27. The van der Waals surface area contributed by atoms with Crippen LogP contribution in [0, 0.1) is 10.1 Å². The van der Waals surface area contributed by atoms with Crippen LogP contribution < -0.4 is 4.72 Å². The van der Waals surface area contributed by atoms with Crippen molar-refractivity contribution in [2.75, 3.05) is 13.2 Å². The Morgan fingerprint density at radius 1 is 1.23 bits per heavy atom. The molecule has 1 aromatic carbocycles. The van der Waals surface area contributed by atoms with Crippen molar-refractivity contribution >= 4 is 24.0 Å². The molecule has 1 aromatic rings.